The lowest BCUT2D eigenvalue weighted by Crippen LogP contribution is -1.80. The summed E-state index contributed by atoms with van der Waals surface area (Å²) in [5.41, 5.74) is -0.335. The number of nitrogens with zero attached hydrogens (tertiary/aromatic N) is 1. The SMILES string of the molecule is Oc1cccc(Cl)c1-c1cc(C(F)F)no1. The third kappa shape index (κ3) is 1.86. The highest BCUT2D eigenvalue weighted by atomic mass is 35.5. The van der Waals surface area contributed by atoms with E-state index in [1.54, 1.807) is 0 Å². The second-order valence-electron chi connectivity index (χ2n) is 3.05. The van der Waals surface area contributed by atoms with Gasteiger partial charge in [-0.25, -0.2) is 8.78 Å². The molecule has 1 N–H and O–H groups in total. The standard InChI is InChI=1S/C10H6ClF2NO2/c11-5-2-1-3-7(15)9(5)8-4-6(10(12)13)14-16-8/h1-4,10,15H. The van der Waals surface area contributed by atoms with E-state index in [0.717, 1.165) is 6.07 Å². The van der Waals surface area contributed by atoms with Gasteiger partial charge < -0.3 is 9.63 Å². The van der Waals surface area contributed by atoms with Crippen LogP contribution in [-0.2, 0) is 0 Å². The average molecular weight is 246 g/mol. The molecule has 0 bridgehead atoms. The highest BCUT2D eigenvalue weighted by Gasteiger charge is 2.18. The van der Waals surface area contributed by atoms with Crippen LogP contribution in [0.4, 0.5) is 8.78 Å². The first kappa shape index (κ1) is 10.9. The van der Waals surface area contributed by atoms with Gasteiger partial charge in [-0.05, 0) is 12.1 Å². The predicted molar refractivity (Wildman–Crippen MR) is 53.6 cm³/mol. The van der Waals surface area contributed by atoms with E-state index in [0.29, 0.717) is 0 Å². The topological polar surface area (TPSA) is 46.3 Å². The van der Waals surface area contributed by atoms with Crippen molar-refractivity contribution in [3.8, 4) is 17.1 Å². The molecule has 84 valence electrons. The molecule has 0 atom stereocenters. The fourth-order valence-electron chi connectivity index (χ4n) is 1.27. The quantitative estimate of drug-likeness (QED) is 0.879. The lowest BCUT2D eigenvalue weighted by molar-refractivity contribution is 0.140. The van der Waals surface area contributed by atoms with Crippen molar-refractivity contribution >= 4 is 11.6 Å². The first-order valence-electron chi connectivity index (χ1n) is 4.32. The first-order valence-corrected chi connectivity index (χ1v) is 4.70. The Labute approximate surface area is 94.2 Å². The summed E-state index contributed by atoms with van der Waals surface area (Å²) in [5, 5.41) is 12.9. The molecular weight excluding hydrogens is 240 g/mol. The Hall–Kier alpha value is -1.62. The van der Waals surface area contributed by atoms with E-state index in [1.165, 1.54) is 18.2 Å². The molecule has 1 heterocycles. The van der Waals surface area contributed by atoms with Crippen LogP contribution in [0.5, 0.6) is 5.75 Å². The number of phenols is 1. The van der Waals surface area contributed by atoms with Gasteiger partial charge in [-0.15, -0.1) is 0 Å². The van der Waals surface area contributed by atoms with E-state index in [9.17, 15) is 13.9 Å². The summed E-state index contributed by atoms with van der Waals surface area (Å²) < 4.78 is 29.3. The van der Waals surface area contributed by atoms with Gasteiger partial charge in [-0.1, -0.05) is 22.8 Å². The maximum absolute atomic E-state index is 12.3. The molecule has 2 aromatic rings. The minimum absolute atomic E-state index is 0.0124. The molecule has 0 aliphatic rings. The van der Waals surface area contributed by atoms with Crippen LogP contribution >= 0.6 is 11.6 Å². The Morgan fingerprint density at radius 1 is 1.38 bits per heavy atom. The van der Waals surface area contributed by atoms with Gasteiger partial charge in [0.1, 0.15) is 11.4 Å². The second-order valence-corrected chi connectivity index (χ2v) is 3.46. The highest BCUT2D eigenvalue weighted by Crippen LogP contribution is 2.36. The Bertz CT molecular complexity index is 493. The summed E-state index contributed by atoms with van der Waals surface area (Å²) in [4.78, 5) is 0. The fraction of sp³-hybridized carbons (Fsp3) is 0.100. The number of rotatable bonds is 2. The predicted octanol–water partition coefficient (Wildman–Crippen LogP) is 3.64. The zero-order chi connectivity index (χ0) is 11.7. The van der Waals surface area contributed by atoms with E-state index >= 15 is 0 Å². The van der Waals surface area contributed by atoms with E-state index in [1.807, 2.05) is 0 Å². The van der Waals surface area contributed by atoms with Gasteiger partial charge in [0.2, 0.25) is 0 Å². The minimum Gasteiger partial charge on any atom is -0.507 e. The van der Waals surface area contributed by atoms with Crippen LogP contribution in [-0.4, -0.2) is 10.3 Å². The largest absolute Gasteiger partial charge is 0.507 e. The Morgan fingerprint density at radius 3 is 2.69 bits per heavy atom. The van der Waals surface area contributed by atoms with E-state index in [4.69, 9.17) is 16.1 Å². The van der Waals surface area contributed by atoms with Crippen molar-refractivity contribution < 1.29 is 18.4 Å². The summed E-state index contributed by atoms with van der Waals surface area (Å²) in [5.74, 6) is -0.136. The van der Waals surface area contributed by atoms with E-state index < -0.39 is 12.1 Å². The van der Waals surface area contributed by atoms with Crippen LogP contribution in [0.2, 0.25) is 5.02 Å². The minimum atomic E-state index is -2.72. The molecule has 0 fully saturated rings. The van der Waals surface area contributed by atoms with Crippen LogP contribution in [0, 0.1) is 0 Å². The molecule has 1 aromatic carbocycles. The van der Waals surface area contributed by atoms with Crippen LogP contribution < -0.4 is 0 Å². The van der Waals surface area contributed by atoms with Crippen molar-refractivity contribution in [1.82, 2.24) is 5.16 Å². The molecule has 0 radical (unpaired) electrons. The third-order valence-corrected chi connectivity index (χ3v) is 2.30. The number of hydrogen-bond donors (Lipinski definition) is 1. The van der Waals surface area contributed by atoms with E-state index in [-0.39, 0.29) is 22.1 Å². The van der Waals surface area contributed by atoms with Crippen LogP contribution in [0.1, 0.15) is 12.1 Å². The van der Waals surface area contributed by atoms with Crippen molar-refractivity contribution in [3.05, 3.63) is 35.0 Å². The van der Waals surface area contributed by atoms with Gasteiger partial charge in [0.05, 0.1) is 10.6 Å². The van der Waals surface area contributed by atoms with Crippen LogP contribution in [0.3, 0.4) is 0 Å². The van der Waals surface area contributed by atoms with Crippen LogP contribution in [0.25, 0.3) is 11.3 Å². The molecular formula is C10H6ClF2NO2. The maximum Gasteiger partial charge on any atom is 0.283 e. The molecule has 0 amide bonds. The van der Waals surface area contributed by atoms with Gasteiger partial charge in [0, 0.05) is 6.07 Å². The molecule has 0 unspecified atom stereocenters. The zero-order valence-corrected chi connectivity index (χ0v) is 8.58. The Kier molecular flexibility index (Phi) is 2.78. The van der Waals surface area contributed by atoms with Gasteiger partial charge in [0.15, 0.2) is 5.76 Å². The average Bonchev–Trinajstić information content (AvgIpc) is 2.66. The van der Waals surface area contributed by atoms with Gasteiger partial charge in [-0.2, -0.15) is 0 Å². The number of phenolic OH excluding ortho intramolecular Hbond substituents is 1. The molecule has 0 saturated heterocycles. The summed E-state index contributed by atoms with van der Waals surface area (Å²) >= 11 is 5.82. The van der Waals surface area contributed by atoms with Crippen molar-refractivity contribution in [2.24, 2.45) is 0 Å². The number of alkyl halides is 2. The molecule has 0 saturated carbocycles. The zero-order valence-electron chi connectivity index (χ0n) is 7.82. The molecule has 16 heavy (non-hydrogen) atoms. The molecule has 0 aliphatic heterocycles. The van der Waals surface area contributed by atoms with Crippen LogP contribution in [0.15, 0.2) is 28.8 Å². The number of aromatic nitrogens is 1. The monoisotopic (exact) mass is 245 g/mol. The van der Waals surface area contributed by atoms with E-state index in [2.05, 4.69) is 5.16 Å². The molecule has 3 nitrogen and oxygen atoms in total. The van der Waals surface area contributed by atoms with Gasteiger partial charge in [-0.3, -0.25) is 0 Å². The number of aromatic hydroxyl groups is 1. The summed E-state index contributed by atoms with van der Waals surface area (Å²) in [6.07, 6.45) is -2.72. The van der Waals surface area contributed by atoms with Crippen molar-refractivity contribution in [2.45, 2.75) is 6.43 Å². The van der Waals surface area contributed by atoms with Crippen molar-refractivity contribution in [1.29, 1.82) is 0 Å². The lowest BCUT2D eigenvalue weighted by atomic mass is 10.1. The Balaban J connectivity index is 2.50. The summed E-state index contributed by atoms with van der Waals surface area (Å²) in [6, 6.07) is 5.48. The van der Waals surface area contributed by atoms with Crippen molar-refractivity contribution in [2.75, 3.05) is 0 Å². The molecule has 1 aromatic heterocycles. The number of hydrogen-bond acceptors (Lipinski definition) is 3. The smallest absolute Gasteiger partial charge is 0.283 e. The number of halogens is 3. The maximum atomic E-state index is 12.3. The Morgan fingerprint density at radius 2 is 2.12 bits per heavy atom. The summed E-state index contributed by atoms with van der Waals surface area (Å²) in [6.45, 7) is 0. The summed E-state index contributed by atoms with van der Waals surface area (Å²) in [7, 11) is 0. The fourth-order valence-corrected chi connectivity index (χ4v) is 1.53. The lowest BCUT2D eigenvalue weighted by Gasteiger charge is -2.01. The molecule has 0 spiro atoms. The molecule has 2 rings (SSSR count). The normalized spacial score (nSPS) is 11.0. The second kappa shape index (κ2) is 4.09. The highest BCUT2D eigenvalue weighted by molar-refractivity contribution is 6.33. The molecule has 0 aliphatic carbocycles. The first-order chi connectivity index (χ1) is 7.59. The van der Waals surface area contributed by atoms with Crippen molar-refractivity contribution in [3.63, 3.8) is 0 Å². The van der Waals surface area contributed by atoms with Gasteiger partial charge in [0.25, 0.3) is 6.43 Å². The third-order valence-electron chi connectivity index (χ3n) is 1.99. The number of benzene rings is 1. The molecule has 6 heteroatoms. The van der Waals surface area contributed by atoms with Gasteiger partial charge >= 0.3 is 0 Å².